The number of hydrogen-bond acceptors (Lipinski definition) is 4. The number of benzene rings is 1. The van der Waals surface area contributed by atoms with Gasteiger partial charge in [0.2, 0.25) is 5.91 Å². The van der Waals surface area contributed by atoms with Crippen molar-refractivity contribution >= 4 is 32.9 Å². The van der Waals surface area contributed by atoms with Crippen LogP contribution in [-0.4, -0.2) is 36.2 Å². The molecule has 0 atom stereocenters. The fourth-order valence-corrected chi connectivity index (χ4v) is 5.07. The molecule has 0 N–H and O–H groups in total. The first-order valence-corrected chi connectivity index (χ1v) is 9.95. The molecule has 1 heterocycles. The van der Waals surface area contributed by atoms with E-state index in [1.807, 2.05) is 0 Å². The van der Waals surface area contributed by atoms with Crippen molar-refractivity contribution in [2.24, 2.45) is 4.40 Å². The predicted molar refractivity (Wildman–Crippen MR) is 87.2 cm³/mol. The molecular formula is C15H17FN2O3S2. The quantitative estimate of drug-likeness (QED) is 0.835. The number of sulfonamides is 1. The Bertz CT molecular complexity index is 726. The molecule has 0 unspecified atom stereocenters. The fraction of sp³-hybridized carbons (Fsp3) is 0.467. The molecule has 2 fully saturated rings. The van der Waals surface area contributed by atoms with Crippen molar-refractivity contribution < 1.29 is 17.6 Å². The van der Waals surface area contributed by atoms with Crippen LogP contribution >= 0.6 is 11.8 Å². The number of nitrogens with zero attached hydrogens (tertiary/aromatic N) is 2. The van der Waals surface area contributed by atoms with Crippen molar-refractivity contribution in [3.8, 4) is 0 Å². The number of amides is 1. The second kappa shape index (κ2) is 6.60. The Balaban J connectivity index is 1.90. The Morgan fingerprint density at radius 3 is 2.43 bits per heavy atom. The summed E-state index contributed by atoms with van der Waals surface area (Å²) >= 11 is 1.15. The SMILES string of the molecule is O=C1CS/C(=N/S(=O)(=O)c2ccc(F)cc2)N1C1CCCCC1. The summed E-state index contributed by atoms with van der Waals surface area (Å²) in [4.78, 5) is 13.6. The highest BCUT2D eigenvalue weighted by Crippen LogP contribution is 2.31. The van der Waals surface area contributed by atoms with Crippen LogP contribution in [-0.2, 0) is 14.8 Å². The zero-order valence-corrected chi connectivity index (χ0v) is 14.1. The maximum Gasteiger partial charge on any atom is 0.284 e. The average Bonchev–Trinajstić information content (AvgIpc) is 2.88. The van der Waals surface area contributed by atoms with E-state index >= 15 is 0 Å². The molecule has 1 aromatic rings. The van der Waals surface area contributed by atoms with Crippen LogP contribution < -0.4 is 0 Å². The van der Waals surface area contributed by atoms with E-state index in [1.165, 1.54) is 12.1 Å². The van der Waals surface area contributed by atoms with Crippen LogP contribution in [0.25, 0.3) is 0 Å². The van der Waals surface area contributed by atoms with E-state index in [0.717, 1.165) is 56.0 Å². The van der Waals surface area contributed by atoms with Gasteiger partial charge in [0.05, 0.1) is 10.6 Å². The van der Waals surface area contributed by atoms with Gasteiger partial charge >= 0.3 is 0 Å². The van der Waals surface area contributed by atoms with Crippen molar-refractivity contribution in [1.82, 2.24) is 4.90 Å². The molecule has 1 aliphatic heterocycles. The minimum Gasteiger partial charge on any atom is -0.287 e. The molecule has 0 spiro atoms. The monoisotopic (exact) mass is 356 g/mol. The van der Waals surface area contributed by atoms with E-state index in [0.29, 0.717) is 0 Å². The minimum atomic E-state index is -3.95. The zero-order chi connectivity index (χ0) is 16.4. The van der Waals surface area contributed by atoms with Gasteiger partial charge in [-0.2, -0.15) is 8.42 Å². The highest BCUT2D eigenvalue weighted by atomic mass is 32.2. The summed E-state index contributed by atoms with van der Waals surface area (Å²) in [5.74, 6) is -0.380. The van der Waals surface area contributed by atoms with Gasteiger partial charge in [0, 0.05) is 6.04 Å². The van der Waals surface area contributed by atoms with Gasteiger partial charge < -0.3 is 0 Å². The molecule has 0 aromatic heterocycles. The van der Waals surface area contributed by atoms with Gasteiger partial charge in [-0.1, -0.05) is 31.0 Å². The van der Waals surface area contributed by atoms with Gasteiger partial charge in [0.25, 0.3) is 10.0 Å². The first-order valence-electron chi connectivity index (χ1n) is 7.53. The van der Waals surface area contributed by atoms with E-state index < -0.39 is 15.8 Å². The summed E-state index contributed by atoms with van der Waals surface area (Å²) in [6, 6.07) is 4.56. The zero-order valence-electron chi connectivity index (χ0n) is 12.4. The summed E-state index contributed by atoms with van der Waals surface area (Å²) in [5, 5.41) is 0.242. The standard InChI is InChI=1S/C15H17FN2O3S2/c16-11-6-8-13(9-7-11)23(20,21)17-15-18(14(19)10-22-15)12-4-2-1-3-5-12/h6-9,12H,1-5,10H2/b17-15+. The molecule has 1 aromatic carbocycles. The summed E-state index contributed by atoms with van der Waals surface area (Å²) < 4.78 is 41.5. The van der Waals surface area contributed by atoms with E-state index in [1.54, 1.807) is 4.90 Å². The molecule has 1 aliphatic carbocycles. The van der Waals surface area contributed by atoms with E-state index in [-0.39, 0.29) is 27.8 Å². The van der Waals surface area contributed by atoms with Crippen LogP contribution in [0.15, 0.2) is 33.6 Å². The number of amidine groups is 1. The molecule has 0 radical (unpaired) electrons. The molecule has 124 valence electrons. The maximum absolute atomic E-state index is 12.9. The minimum absolute atomic E-state index is 0.0356. The number of halogens is 1. The number of carbonyl (C=O) groups is 1. The highest BCUT2D eigenvalue weighted by Gasteiger charge is 2.36. The smallest absolute Gasteiger partial charge is 0.284 e. The van der Waals surface area contributed by atoms with E-state index in [4.69, 9.17) is 0 Å². The normalized spacial score (nSPS) is 22.0. The van der Waals surface area contributed by atoms with Crippen molar-refractivity contribution in [3.63, 3.8) is 0 Å². The van der Waals surface area contributed by atoms with Crippen molar-refractivity contribution in [3.05, 3.63) is 30.1 Å². The van der Waals surface area contributed by atoms with E-state index in [9.17, 15) is 17.6 Å². The molecule has 23 heavy (non-hydrogen) atoms. The maximum atomic E-state index is 12.9. The molecule has 5 nitrogen and oxygen atoms in total. The van der Waals surface area contributed by atoms with Gasteiger partial charge in [-0.3, -0.25) is 9.69 Å². The van der Waals surface area contributed by atoms with Crippen LogP contribution in [0.3, 0.4) is 0 Å². The molecule has 2 aliphatic rings. The number of rotatable bonds is 3. The van der Waals surface area contributed by atoms with Gasteiger partial charge in [0.15, 0.2) is 5.17 Å². The van der Waals surface area contributed by atoms with Crippen LogP contribution in [0, 0.1) is 5.82 Å². The van der Waals surface area contributed by atoms with Gasteiger partial charge in [-0.15, -0.1) is 4.40 Å². The fourth-order valence-electron chi connectivity index (χ4n) is 2.90. The Hall–Kier alpha value is -1.41. The average molecular weight is 356 g/mol. The highest BCUT2D eigenvalue weighted by molar-refractivity contribution is 8.15. The number of carbonyl (C=O) groups excluding carboxylic acids is 1. The lowest BCUT2D eigenvalue weighted by Crippen LogP contribution is -2.41. The van der Waals surface area contributed by atoms with Crippen LogP contribution in [0.5, 0.6) is 0 Å². The van der Waals surface area contributed by atoms with Crippen LogP contribution in [0.1, 0.15) is 32.1 Å². The number of hydrogen-bond donors (Lipinski definition) is 0. The Kier molecular flexibility index (Phi) is 4.72. The summed E-state index contributed by atoms with van der Waals surface area (Å²) in [7, 11) is -3.95. The third-order valence-electron chi connectivity index (χ3n) is 4.05. The third-order valence-corrected chi connectivity index (χ3v) is 6.38. The Labute approximate surface area is 139 Å². The Morgan fingerprint density at radius 2 is 1.78 bits per heavy atom. The predicted octanol–water partition coefficient (Wildman–Crippen LogP) is 2.78. The summed E-state index contributed by atoms with van der Waals surface area (Å²) in [6.07, 6.45) is 4.98. The first-order chi connectivity index (χ1) is 11.0. The molecule has 0 bridgehead atoms. The number of thioether (sulfide) groups is 1. The van der Waals surface area contributed by atoms with Crippen LogP contribution in [0.2, 0.25) is 0 Å². The third kappa shape index (κ3) is 3.58. The molecule has 1 saturated heterocycles. The lowest BCUT2D eigenvalue weighted by atomic mass is 9.94. The van der Waals surface area contributed by atoms with Crippen molar-refractivity contribution in [2.45, 2.75) is 43.0 Å². The molecule has 1 saturated carbocycles. The molecule has 8 heteroatoms. The molecular weight excluding hydrogens is 339 g/mol. The molecule has 3 rings (SSSR count). The Morgan fingerprint density at radius 1 is 1.13 bits per heavy atom. The van der Waals surface area contributed by atoms with Crippen molar-refractivity contribution in [1.29, 1.82) is 0 Å². The van der Waals surface area contributed by atoms with Gasteiger partial charge in [0.1, 0.15) is 5.82 Å². The second-order valence-electron chi connectivity index (χ2n) is 5.65. The van der Waals surface area contributed by atoms with E-state index in [2.05, 4.69) is 4.40 Å². The second-order valence-corrected chi connectivity index (χ2v) is 8.19. The largest absolute Gasteiger partial charge is 0.287 e. The van der Waals surface area contributed by atoms with Gasteiger partial charge in [-0.25, -0.2) is 4.39 Å². The molecule has 1 amide bonds. The summed E-state index contributed by atoms with van der Waals surface area (Å²) in [5.41, 5.74) is 0. The van der Waals surface area contributed by atoms with Crippen LogP contribution in [0.4, 0.5) is 4.39 Å². The lowest BCUT2D eigenvalue weighted by Gasteiger charge is -2.30. The first kappa shape index (κ1) is 16.4. The summed E-state index contributed by atoms with van der Waals surface area (Å²) in [6.45, 7) is 0. The van der Waals surface area contributed by atoms with Crippen molar-refractivity contribution in [2.75, 3.05) is 5.75 Å². The topological polar surface area (TPSA) is 66.8 Å². The lowest BCUT2D eigenvalue weighted by molar-refractivity contribution is -0.126. The van der Waals surface area contributed by atoms with Gasteiger partial charge in [-0.05, 0) is 37.1 Å².